The molecule has 0 spiro atoms. The van der Waals surface area contributed by atoms with E-state index in [4.69, 9.17) is 4.74 Å². The van der Waals surface area contributed by atoms with Crippen molar-refractivity contribution < 1.29 is 19.2 Å². The zero-order valence-corrected chi connectivity index (χ0v) is 16.0. The summed E-state index contributed by atoms with van der Waals surface area (Å²) in [5.74, 6) is -1.07. The molecule has 0 aliphatic carbocycles. The topological polar surface area (TPSA) is 86.5 Å². The van der Waals surface area contributed by atoms with Gasteiger partial charge in [0.15, 0.2) is 6.10 Å². The fourth-order valence-electron chi connectivity index (χ4n) is 2.78. The molecule has 29 heavy (non-hydrogen) atoms. The molecular weight excluding hydrogens is 370 g/mol. The number of nitrogens with zero attached hydrogens (tertiary/aromatic N) is 1. The van der Waals surface area contributed by atoms with Crippen LogP contribution in [-0.2, 0) is 4.74 Å². The molecule has 0 amide bonds. The molecule has 0 radical (unpaired) electrons. The van der Waals surface area contributed by atoms with Crippen LogP contribution in [0.3, 0.4) is 0 Å². The van der Waals surface area contributed by atoms with Gasteiger partial charge < -0.3 is 4.74 Å². The van der Waals surface area contributed by atoms with Gasteiger partial charge in [0.25, 0.3) is 5.69 Å². The molecule has 3 aromatic carbocycles. The molecule has 0 fully saturated rings. The van der Waals surface area contributed by atoms with Crippen molar-refractivity contribution in [2.45, 2.75) is 20.0 Å². The minimum atomic E-state index is -1.12. The van der Waals surface area contributed by atoms with Gasteiger partial charge in [0.1, 0.15) is 0 Å². The third kappa shape index (κ3) is 4.73. The van der Waals surface area contributed by atoms with Crippen molar-refractivity contribution in [1.29, 1.82) is 0 Å². The minimum Gasteiger partial charge on any atom is -0.445 e. The average molecular weight is 389 g/mol. The van der Waals surface area contributed by atoms with E-state index in [0.29, 0.717) is 11.1 Å². The Kier molecular flexibility index (Phi) is 5.83. The number of nitro groups is 1. The molecule has 0 bridgehead atoms. The second-order valence-electron chi connectivity index (χ2n) is 6.73. The molecule has 0 aromatic heterocycles. The van der Waals surface area contributed by atoms with E-state index in [1.165, 1.54) is 24.3 Å². The molecule has 0 heterocycles. The van der Waals surface area contributed by atoms with E-state index in [-0.39, 0.29) is 17.0 Å². The van der Waals surface area contributed by atoms with Gasteiger partial charge >= 0.3 is 5.97 Å². The van der Waals surface area contributed by atoms with Crippen LogP contribution in [0.5, 0.6) is 0 Å². The van der Waals surface area contributed by atoms with Crippen LogP contribution in [0.4, 0.5) is 5.69 Å². The van der Waals surface area contributed by atoms with Gasteiger partial charge in [-0.25, -0.2) is 4.79 Å². The summed E-state index contributed by atoms with van der Waals surface area (Å²) in [6.45, 7) is 3.84. The number of rotatable bonds is 6. The number of ketones is 1. The first-order valence-electron chi connectivity index (χ1n) is 8.98. The van der Waals surface area contributed by atoms with E-state index >= 15 is 0 Å². The minimum absolute atomic E-state index is 0.129. The molecule has 3 rings (SSSR count). The first-order chi connectivity index (χ1) is 13.8. The summed E-state index contributed by atoms with van der Waals surface area (Å²) >= 11 is 0. The molecule has 0 saturated heterocycles. The molecule has 0 N–H and O–H groups in total. The highest BCUT2D eigenvalue weighted by Gasteiger charge is 2.27. The number of esters is 1. The summed E-state index contributed by atoms with van der Waals surface area (Å²) in [5, 5.41) is 10.8. The number of Topliss-reactive ketones (excluding diaryl/α,β-unsaturated/α-hetero) is 1. The van der Waals surface area contributed by atoms with Crippen LogP contribution in [0.15, 0.2) is 72.8 Å². The van der Waals surface area contributed by atoms with E-state index in [9.17, 15) is 19.7 Å². The second-order valence-corrected chi connectivity index (χ2v) is 6.73. The summed E-state index contributed by atoms with van der Waals surface area (Å²) in [4.78, 5) is 35.9. The van der Waals surface area contributed by atoms with E-state index in [1.807, 2.05) is 38.1 Å². The van der Waals surface area contributed by atoms with Gasteiger partial charge in [0.2, 0.25) is 5.78 Å². The SMILES string of the molecule is Cc1ccc(C(=O)C(OC(=O)c2ccc([N+](=O)[O-])cc2)c2ccc(C)cc2)cc1. The molecule has 1 atom stereocenters. The Morgan fingerprint density at radius 1 is 0.793 bits per heavy atom. The maximum Gasteiger partial charge on any atom is 0.339 e. The standard InChI is InChI=1S/C23H19NO5/c1-15-3-7-17(8-4-15)21(25)22(18-9-5-16(2)6-10-18)29-23(26)19-11-13-20(14-12-19)24(27)28/h3-14,22H,1-2H3. The van der Waals surface area contributed by atoms with Gasteiger partial charge in [-0.2, -0.15) is 0 Å². The normalized spacial score (nSPS) is 11.5. The molecule has 6 heteroatoms. The zero-order chi connectivity index (χ0) is 21.0. The van der Waals surface area contributed by atoms with E-state index < -0.39 is 17.0 Å². The lowest BCUT2D eigenvalue weighted by Crippen LogP contribution is -2.20. The van der Waals surface area contributed by atoms with Crippen molar-refractivity contribution in [3.05, 3.63) is 111 Å². The number of carbonyl (C=O) groups is 2. The Morgan fingerprint density at radius 3 is 1.79 bits per heavy atom. The lowest BCUT2D eigenvalue weighted by atomic mass is 9.98. The van der Waals surface area contributed by atoms with Gasteiger partial charge in [-0.05, 0) is 26.0 Å². The number of aryl methyl sites for hydroxylation is 2. The predicted octanol–water partition coefficient (Wildman–Crippen LogP) is 4.99. The summed E-state index contributed by atoms with van der Waals surface area (Å²) in [5.41, 5.74) is 3.00. The van der Waals surface area contributed by atoms with E-state index in [1.54, 1.807) is 24.3 Å². The van der Waals surface area contributed by atoms with Crippen molar-refractivity contribution in [2.24, 2.45) is 0 Å². The van der Waals surface area contributed by atoms with Crippen molar-refractivity contribution in [2.75, 3.05) is 0 Å². The number of benzene rings is 3. The lowest BCUT2D eigenvalue weighted by Gasteiger charge is -2.18. The third-order valence-corrected chi connectivity index (χ3v) is 4.49. The number of hydrogen-bond acceptors (Lipinski definition) is 5. The Hall–Kier alpha value is -3.80. The van der Waals surface area contributed by atoms with Crippen LogP contribution in [0.1, 0.15) is 43.5 Å². The highest BCUT2D eigenvalue weighted by Crippen LogP contribution is 2.25. The molecule has 1 unspecified atom stereocenters. The maximum atomic E-state index is 13.1. The first-order valence-corrected chi connectivity index (χ1v) is 8.98. The highest BCUT2D eigenvalue weighted by atomic mass is 16.6. The monoisotopic (exact) mass is 389 g/mol. The molecule has 146 valence electrons. The molecule has 3 aromatic rings. The Balaban J connectivity index is 1.91. The van der Waals surface area contributed by atoms with E-state index in [0.717, 1.165) is 11.1 Å². The summed E-state index contributed by atoms with van der Waals surface area (Å²) < 4.78 is 5.55. The summed E-state index contributed by atoms with van der Waals surface area (Å²) in [7, 11) is 0. The smallest absolute Gasteiger partial charge is 0.339 e. The van der Waals surface area contributed by atoms with Crippen LogP contribution in [0.25, 0.3) is 0 Å². The Morgan fingerprint density at radius 2 is 1.28 bits per heavy atom. The van der Waals surface area contributed by atoms with Gasteiger partial charge in [-0.3, -0.25) is 14.9 Å². The highest BCUT2D eigenvalue weighted by molar-refractivity contribution is 6.02. The summed E-state index contributed by atoms with van der Waals surface area (Å²) in [6.07, 6.45) is -1.12. The van der Waals surface area contributed by atoms with E-state index in [2.05, 4.69) is 0 Å². The third-order valence-electron chi connectivity index (χ3n) is 4.49. The van der Waals surface area contributed by atoms with Crippen LogP contribution >= 0.6 is 0 Å². The van der Waals surface area contributed by atoms with Gasteiger partial charge in [-0.1, -0.05) is 59.7 Å². The molecule has 0 aliphatic rings. The first kappa shape index (κ1) is 19.9. The summed E-state index contributed by atoms with van der Waals surface area (Å²) in [6, 6.07) is 19.2. The van der Waals surface area contributed by atoms with Gasteiger partial charge in [0, 0.05) is 23.3 Å². The fraction of sp³-hybridized carbons (Fsp3) is 0.130. The molecule has 6 nitrogen and oxygen atoms in total. The van der Waals surface area contributed by atoms with Crippen LogP contribution in [0.2, 0.25) is 0 Å². The number of hydrogen-bond donors (Lipinski definition) is 0. The van der Waals surface area contributed by atoms with Crippen LogP contribution < -0.4 is 0 Å². The van der Waals surface area contributed by atoms with Crippen molar-refractivity contribution in [1.82, 2.24) is 0 Å². The quantitative estimate of drug-likeness (QED) is 0.256. The van der Waals surface area contributed by atoms with Crippen molar-refractivity contribution >= 4 is 17.4 Å². The Bertz CT molecular complexity index is 1040. The largest absolute Gasteiger partial charge is 0.445 e. The number of nitro benzene ring substituents is 1. The van der Waals surface area contributed by atoms with Crippen molar-refractivity contribution in [3.63, 3.8) is 0 Å². The number of ether oxygens (including phenoxy) is 1. The second kappa shape index (κ2) is 8.48. The maximum absolute atomic E-state index is 13.1. The van der Waals surface area contributed by atoms with Crippen molar-refractivity contribution in [3.8, 4) is 0 Å². The van der Waals surface area contributed by atoms with Gasteiger partial charge in [-0.15, -0.1) is 0 Å². The molecular formula is C23H19NO5. The number of non-ortho nitro benzene ring substituents is 1. The number of carbonyl (C=O) groups excluding carboxylic acids is 2. The van der Waals surface area contributed by atoms with Crippen LogP contribution in [0, 0.1) is 24.0 Å². The Labute approximate surface area is 167 Å². The molecule has 0 aliphatic heterocycles. The fourth-order valence-corrected chi connectivity index (χ4v) is 2.78. The van der Waals surface area contributed by atoms with Crippen LogP contribution in [-0.4, -0.2) is 16.7 Å². The zero-order valence-electron chi connectivity index (χ0n) is 16.0. The predicted molar refractivity (Wildman–Crippen MR) is 108 cm³/mol. The van der Waals surface area contributed by atoms with Gasteiger partial charge in [0.05, 0.1) is 10.5 Å². The molecule has 0 saturated carbocycles. The average Bonchev–Trinajstić information content (AvgIpc) is 2.73. The lowest BCUT2D eigenvalue weighted by molar-refractivity contribution is -0.384.